The van der Waals surface area contributed by atoms with E-state index in [4.69, 9.17) is 0 Å². The summed E-state index contributed by atoms with van der Waals surface area (Å²) in [5.74, 6) is -1.12. The number of nitrogens with one attached hydrogen (secondary N) is 1. The van der Waals surface area contributed by atoms with Gasteiger partial charge in [-0.1, -0.05) is 0 Å². The second-order valence-corrected chi connectivity index (χ2v) is 6.58. The van der Waals surface area contributed by atoms with Gasteiger partial charge in [0.2, 0.25) is 5.95 Å². The van der Waals surface area contributed by atoms with E-state index in [0.717, 1.165) is 12.1 Å². The van der Waals surface area contributed by atoms with E-state index in [2.05, 4.69) is 15.3 Å². The number of nitrogens with zero attached hydrogens (tertiary/aromatic N) is 3. The van der Waals surface area contributed by atoms with Crippen molar-refractivity contribution in [1.82, 2.24) is 14.9 Å². The maximum atomic E-state index is 13.9. The first kappa shape index (κ1) is 19.5. The van der Waals surface area contributed by atoms with Crippen LogP contribution in [-0.4, -0.2) is 46.7 Å². The van der Waals surface area contributed by atoms with Gasteiger partial charge in [-0.3, -0.25) is 4.90 Å². The number of benzene rings is 1. The van der Waals surface area contributed by atoms with Crippen LogP contribution in [-0.2, 0) is 0 Å². The number of halogens is 5. The molecule has 1 aromatic heterocycles. The Morgan fingerprint density at radius 1 is 1.22 bits per heavy atom. The summed E-state index contributed by atoms with van der Waals surface area (Å²) in [4.78, 5) is 9.77. The number of likely N-dealkylation sites (tertiary alicyclic amines) is 1. The van der Waals surface area contributed by atoms with Crippen molar-refractivity contribution in [1.29, 1.82) is 0 Å². The number of anilines is 1. The zero-order valence-electron chi connectivity index (χ0n) is 14.7. The van der Waals surface area contributed by atoms with Gasteiger partial charge in [-0.05, 0) is 38.4 Å². The molecule has 0 aliphatic carbocycles. The fourth-order valence-electron chi connectivity index (χ4n) is 3.30. The largest absolute Gasteiger partial charge is 0.401 e. The van der Waals surface area contributed by atoms with E-state index in [1.807, 2.05) is 0 Å². The number of rotatable bonds is 5. The highest BCUT2D eigenvalue weighted by molar-refractivity contribution is 5.66. The number of aromatic nitrogens is 2. The van der Waals surface area contributed by atoms with E-state index < -0.39 is 24.4 Å². The second-order valence-electron chi connectivity index (χ2n) is 6.58. The van der Waals surface area contributed by atoms with Crippen LogP contribution in [0, 0.1) is 18.6 Å². The number of hydrogen-bond donors (Lipinski definition) is 1. The van der Waals surface area contributed by atoms with Gasteiger partial charge < -0.3 is 5.32 Å². The monoisotopic (exact) mass is 386 g/mol. The Bertz CT molecular complexity index is 809. The van der Waals surface area contributed by atoms with Crippen molar-refractivity contribution in [3.8, 4) is 11.1 Å². The van der Waals surface area contributed by atoms with Crippen LogP contribution in [0.25, 0.3) is 11.1 Å². The number of hydrogen-bond acceptors (Lipinski definition) is 4. The first-order valence-electron chi connectivity index (χ1n) is 8.56. The Morgan fingerprint density at radius 3 is 2.67 bits per heavy atom. The molecule has 3 rings (SSSR count). The van der Waals surface area contributed by atoms with Crippen LogP contribution in [0.5, 0.6) is 0 Å². The molecular weight excluding hydrogens is 367 g/mol. The molecule has 0 bridgehead atoms. The summed E-state index contributed by atoms with van der Waals surface area (Å²) < 4.78 is 64.9. The first-order chi connectivity index (χ1) is 12.7. The van der Waals surface area contributed by atoms with Crippen molar-refractivity contribution in [2.45, 2.75) is 32.0 Å². The topological polar surface area (TPSA) is 41.1 Å². The maximum Gasteiger partial charge on any atom is 0.401 e. The first-order valence-corrected chi connectivity index (χ1v) is 8.56. The normalized spacial score (nSPS) is 18.1. The van der Waals surface area contributed by atoms with Crippen LogP contribution in [0.2, 0.25) is 0 Å². The van der Waals surface area contributed by atoms with Crippen molar-refractivity contribution in [2.75, 3.05) is 25.0 Å². The lowest BCUT2D eigenvalue weighted by molar-refractivity contribution is -0.147. The third-order valence-corrected chi connectivity index (χ3v) is 4.58. The Morgan fingerprint density at radius 2 is 2.00 bits per heavy atom. The van der Waals surface area contributed by atoms with Crippen LogP contribution in [0.3, 0.4) is 0 Å². The molecule has 1 aromatic carbocycles. The van der Waals surface area contributed by atoms with Crippen molar-refractivity contribution >= 4 is 5.95 Å². The van der Waals surface area contributed by atoms with Crippen LogP contribution < -0.4 is 5.32 Å². The second kappa shape index (κ2) is 7.75. The SMILES string of the molecule is Cc1nc(NC[C@H]2CCCN2CC(F)(F)F)ncc1-c1ccc(F)cc1F. The van der Waals surface area contributed by atoms with E-state index in [-0.39, 0.29) is 17.6 Å². The van der Waals surface area contributed by atoms with Crippen LogP contribution in [0.15, 0.2) is 24.4 Å². The molecule has 0 unspecified atom stereocenters. The molecule has 9 heteroatoms. The molecule has 1 fully saturated rings. The van der Waals surface area contributed by atoms with Crippen LogP contribution >= 0.6 is 0 Å². The Kier molecular flexibility index (Phi) is 5.59. The maximum absolute atomic E-state index is 13.9. The van der Waals surface area contributed by atoms with Crippen LogP contribution in [0.1, 0.15) is 18.5 Å². The smallest absolute Gasteiger partial charge is 0.353 e. The van der Waals surface area contributed by atoms with E-state index >= 15 is 0 Å². The lowest BCUT2D eigenvalue weighted by atomic mass is 10.1. The molecule has 0 spiro atoms. The Labute approximate surface area is 153 Å². The van der Waals surface area contributed by atoms with Gasteiger partial charge in [0.15, 0.2) is 0 Å². The minimum absolute atomic E-state index is 0.188. The van der Waals surface area contributed by atoms with Crippen molar-refractivity contribution < 1.29 is 22.0 Å². The molecular formula is C18H19F5N4. The summed E-state index contributed by atoms with van der Waals surface area (Å²) in [6, 6.07) is 3.01. The molecule has 0 amide bonds. The van der Waals surface area contributed by atoms with Gasteiger partial charge in [0, 0.05) is 36.0 Å². The highest BCUT2D eigenvalue weighted by atomic mass is 19.4. The quantitative estimate of drug-likeness (QED) is 0.784. The molecule has 1 atom stereocenters. The summed E-state index contributed by atoms with van der Waals surface area (Å²) in [5.41, 5.74) is 1.10. The third kappa shape index (κ3) is 4.91. The molecule has 1 saturated heterocycles. The highest BCUT2D eigenvalue weighted by Crippen LogP contribution is 2.27. The minimum Gasteiger partial charge on any atom is -0.353 e. The molecule has 146 valence electrons. The molecule has 2 heterocycles. The molecule has 0 saturated carbocycles. The average Bonchev–Trinajstić information content (AvgIpc) is 2.99. The third-order valence-electron chi connectivity index (χ3n) is 4.58. The van der Waals surface area contributed by atoms with Gasteiger partial charge >= 0.3 is 6.18 Å². The zero-order valence-corrected chi connectivity index (χ0v) is 14.7. The van der Waals surface area contributed by atoms with E-state index in [9.17, 15) is 22.0 Å². The average molecular weight is 386 g/mol. The number of aryl methyl sites for hydroxylation is 1. The Balaban J connectivity index is 1.67. The van der Waals surface area contributed by atoms with Crippen LogP contribution in [0.4, 0.5) is 27.9 Å². The van der Waals surface area contributed by atoms with E-state index in [1.54, 1.807) is 6.92 Å². The molecule has 27 heavy (non-hydrogen) atoms. The fourth-order valence-corrected chi connectivity index (χ4v) is 3.30. The van der Waals surface area contributed by atoms with Gasteiger partial charge in [0.05, 0.1) is 12.2 Å². The van der Waals surface area contributed by atoms with Gasteiger partial charge in [0.25, 0.3) is 0 Å². The summed E-state index contributed by atoms with van der Waals surface area (Å²) in [5, 5.41) is 2.96. The van der Waals surface area contributed by atoms with Gasteiger partial charge in [-0.15, -0.1) is 0 Å². The molecule has 2 aromatic rings. The van der Waals surface area contributed by atoms with Gasteiger partial charge in [-0.2, -0.15) is 13.2 Å². The predicted molar refractivity (Wildman–Crippen MR) is 91.3 cm³/mol. The van der Waals surface area contributed by atoms with Gasteiger partial charge in [0.1, 0.15) is 11.6 Å². The zero-order chi connectivity index (χ0) is 19.6. The standard InChI is InChI=1S/C18H19F5N4/c1-11-15(14-5-4-12(19)7-16(14)20)9-25-17(26-11)24-8-13-3-2-6-27(13)10-18(21,22)23/h4-5,7,9,13H,2-3,6,8,10H2,1H3,(H,24,25,26)/t13-/m1/s1. The molecule has 1 aliphatic heterocycles. The Hall–Kier alpha value is -2.29. The molecule has 1 aliphatic rings. The summed E-state index contributed by atoms with van der Waals surface area (Å²) in [7, 11) is 0. The molecule has 4 nitrogen and oxygen atoms in total. The summed E-state index contributed by atoms with van der Waals surface area (Å²) >= 11 is 0. The van der Waals surface area contributed by atoms with Crippen molar-refractivity contribution in [3.63, 3.8) is 0 Å². The van der Waals surface area contributed by atoms with Crippen molar-refractivity contribution in [3.05, 3.63) is 41.7 Å². The predicted octanol–water partition coefficient (Wildman–Crippen LogP) is 4.17. The lowest BCUT2D eigenvalue weighted by Gasteiger charge is -2.25. The highest BCUT2D eigenvalue weighted by Gasteiger charge is 2.35. The van der Waals surface area contributed by atoms with E-state index in [1.165, 1.54) is 17.2 Å². The van der Waals surface area contributed by atoms with Gasteiger partial charge in [-0.25, -0.2) is 18.7 Å². The lowest BCUT2D eigenvalue weighted by Crippen LogP contribution is -2.41. The summed E-state index contributed by atoms with van der Waals surface area (Å²) in [6.45, 7) is 1.44. The fraction of sp³-hybridized carbons (Fsp3) is 0.444. The number of alkyl halides is 3. The molecule has 1 N–H and O–H groups in total. The minimum atomic E-state index is -4.23. The van der Waals surface area contributed by atoms with E-state index in [0.29, 0.717) is 37.2 Å². The molecule has 0 radical (unpaired) electrons. The summed E-state index contributed by atoms with van der Waals surface area (Å²) in [6.07, 6.45) is -1.42. The van der Waals surface area contributed by atoms with Crippen molar-refractivity contribution in [2.24, 2.45) is 0 Å².